The highest BCUT2D eigenvalue weighted by Gasteiger charge is 2.47. The van der Waals surface area contributed by atoms with E-state index in [9.17, 15) is 4.79 Å². The van der Waals surface area contributed by atoms with Crippen molar-refractivity contribution in [2.75, 3.05) is 19.6 Å². The first-order valence-electron chi connectivity index (χ1n) is 20.8. The van der Waals surface area contributed by atoms with Gasteiger partial charge in [0.15, 0.2) is 0 Å². The molecule has 2 heterocycles. The second-order valence-electron chi connectivity index (χ2n) is 17.5. The van der Waals surface area contributed by atoms with Crippen molar-refractivity contribution >= 4 is 16.7 Å². The summed E-state index contributed by atoms with van der Waals surface area (Å²) < 4.78 is 2.33. The van der Waals surface area contributed by atoms with E-state index in [2.05, 4.69) is 157 Å². The van der Waals surface area contributed by atoms with Crippen LogP contribution >= 0.6 is 0 Å². The molecule has 6 aromatic rings. The first-order valence-corrected chi connectivity index (χ1v) is 20.8. The van der Waals surface area contributed by atoms with Crippen LogP contribution in [-0.4, -0.2) is 50.4 Å². The molecule has 0 N–H and O–H groups in total. The van der Waals surface area contributed by atoms with Crippen molar-refractivity contribution < 1.29 is 4.79 Å². The number of hydrogen-bond donors (Lipinski definition) is 0. The Labute approximate surface area is 335 Å². The fourth-order valence-corrected chi connectivity index (χ4v) is 10.0. The zero-order valence-electron chi connectivity index (χ0n) is 34.4. The van der Waals surface area contributed by atoms with Gasteiger partial charge in [-0.05, 0) is 76.5 Å². The Bertz CT molecular complexity index is 2080. The summed E-state index contributed by atoms with van der Waals surface area (Å²) in [5.41, 5.74) is 5.09. The van der Waals surface area contributed by atoms with E-state index in [0.717, 1.165) is 67.3 Å². The summed E-state index contributed by atoms with van der Waals surface area (Å²) in [4.78, 5) is 24.6. The molecule has 1 spiro atoms. The standard InChI is InChI=1S/C49H54N4O.C2H6/c1-46(2)27-29-48(30-28-47(3,4)35-46)36-51(45(54)44-26-16-18-38-17-14-15-25-43(38)44)31-32-52(48)33-42-34-53(37-50-42)49(39-19-8-5-9-20-39,40-21-10-6-11-22-40)41-23-12-7-13-24-41;1-2/h5-26,34,37H,27-33,35-36H2,1-4H3;1-2H3. The minimum Gasteiger partial charge on any atom is -0.335 e. The van der Waals surface area contributed by atoms with Gasteiger partial charge in [0.2, 0.25) is 0 Å². The molecule has 1 saturated carbocycles. The number of amides is 1. The molecule has 5 nitrogen and oxygen atoms in total. The van der Waals surface area contributed by atoms with Crippen LogP contribution in [-0.2, 0) is 12.1 Å². The van der Waals surface area contributed by atoms with Crippen LogP contribution in [0.25, 0.3) is 10.8 Å². The number of fused-ring (bicyclic) bond motifs is 1. The highest BCUT2D eigenvalue weighted by molar-refractivity contribution is 6.07. The molecule has 5 heteroatoms. The normalized spacial score (nSPS) is 18.1. The van der Waals surface area contributed by atoms with Crippen molar-refractivity contribution in [1.82, 2.24) is 19.4 Å². The molecule has 290 valence electrons. The van der Waals surface area contributed by atoms with Gasteiger partial charge in [0.25, 0.3) is 5.91 Å². The van der Waals surface area contributed by atoms with E-state index < -0.39 is 5.54 Å². The summed E-state index contributed by atoms with van der Waals surface area (Å²) in [6.45, 7) is 16.7. The molecule has 1 saturated heterocycles. The van der Waals surface area contributed by atoms with E-state index in [-0.39, 0.29) is 22.3 Å². The van der Waals surface area contributed by atoms with E-state index in [1.54, 1.807) is 0 Å². The van der Waals surface area contributed by atoms with Gasteiger partial charge in [-0.3, -0.25) is 9.69 Å². The topological polar surface area (TPSA) is 41.4 Å². The molecule has 2 fully saturated rings. The highest BCUT2D eigenvalue weighted by atomic mass is 16.2. The monoisotopic (exact) mass is 744 g/mol. The van der Waals surface area contributed by atoms with Gasteiger partial charge < -0.3 is 9.47 Å². The van der Waals surface area contributed by atoms with Crippen LogP contribution < -0.4 is 0 Å². The molecular weight excluding hydrogens is 685 g/mol. The number of piperazine rings is 1. The van der Waals surface area contributed by atoms with E-state index in [1.807, 2.05) is 44.4 Å². The van der Waals surface area contributed by atoms with Crippen LogP contribution in [0.5, 0.6) is 0 Å². The number of carbonyl (C=O) groups is 1. The zero-order chi connectivity index (χ0) is 39.4. The molecular formula is C51H60N4O. The van der Waals surface area contributed by atoms with E-state index in [1.165, 1.54) is 23.1 Å². The minimum atomic E-state index is -0.607. The molecule has 5 aromatic carbocycles. The van der Waals surface area contributed by atoms with Crippen molar-refractivity contribution in [2.45, 2.75) is 91.3 Å². The SMILES string of the molecule is CC.CC1(C)CCC2(CCC(C)(C)C1)CN(C(=O)c1cccc3ccccc13)CCN2Cc1cn(C(c2ccccc2)(c2ccccc2)c2ccccc2)cn1. The van der Waals surface area contributed by atoms with Gasteiger partial charge in [-0.1, -0.05) is 169 Å². The number of hydrogen-bond acceptors (Lipinski definition) is 3. The molecule has 0 radical (unpaired) electrons. The quantitative estimate of drug-likeness (QED) is 0.153. The van der Waals surface area contributed by atoms with Crippen LogP contribution in [0.4, 0.5) is 0 Å². The Morgan fingerprint density at radius 2 is 1.16 bits per heavy atom. The molecule has 8 rings (SSSR count). The van der Waals surface area contributed by atoms with E-state index >= 15 is 0 Å². The highest BCUT2D eigenvalue weighted by Crippen LogP contribution is 2.48. The van der Waals surface area contributed by atoms with Gasteiger partial charge in [-0.15, -0.1) is 0 Å². The third-order valence-electron chi connectivity index (χ3n) is 12.5. The lowest BCUT2D eigenvalue weighted by Gasteiger charge is -2.54. The Balaban J connectivity index is 0.00000237. The molecule has 0 atom stereocenters. The van der Waals surface area contributed by atoms with Gasteiger partial charge in [0.1, 0.15) is 5.54 Å². The third-order valence-corrected chi connectivity index (χ3v) is 12.5. The van der Waals surface area contributed by atoms with E-state index in [0.29, 0.717) is 6.54 Å². The number of carbonyl (C=O) groups excluding carboxylic acids is 1. The average Bonchev–Trinajstić information content (AvgIpc) is 3.69. The summed E-state index contributed by atoms with van der Waals surface area (Å²) in [5.74, 6) is 0.147. The smallest absolute Gasteiger partial charge is 0.254 e. The molecule has 1 aliphatic heterocycles. The predicted molar refractivity (Wildman–Crippen MR) is 232 cm³/mol. The molecule has 56 heavy (non-hydrogen) atoms. The maximum absolute atomic E-state index is 14.5. The van der Waals surface area contributed by atoms with Crippen molar-refractivity contribution in [3.05, 3.63) is 174 Å². The number of rotatable bonds is 7. The fraction of sp³-hybridized carbons (Fsp3) is 0.373. The summed E-state index contributed by atoms with van der Waals surface area (Å²) in [7, 11) is 0. The van der Waals surface area contributed by atoms with Gasteiger partial charge in [-0.25, -0.2) is 4.98 Å². The van der Waals surface area contributed by atoms with Crippen molar-refractivity contribution in [2.24, 2.45) is 10.8 Å². The lowest BCUT2D eigenvalue weighted by Crippen LogP contribution is -2.63. The van der Waals surface area contributed by atoms with Crippen molar-refractivity contribution in [3.63, 3.8) is 0 Å². The summed E-state index contributed by atoms with van der Waals surface area (Å²) in [6, 6.07) is 46.9. The molecule has 2 aliphatic rings. The lowest BCUT2D eigenvalue weighted by molar-refractivity contribution is -0.0392. The second kappa shape index (κ2) is 16.2. The summed E-state index contributed by atoms with van der Waals surface area (Å²) >= 11 is 0. The van der Waals surface area contributed by atoms with Crippen molar-refractivity contribution in [1.29, 1.82) is 0 Å². The van der Waals surface area contributed by atoms with Gasteiger partial charge in [-0.2, -0.15) is 0 Å². The van der Waals surface area contributed by atoms with E-state index in [4.69, 9.17) is 4.98 Å². The largest absolute Gasteiger partial charge is 0.335 e. The Hall–Kier alpha value is -5.00. The average molecular weight is 745 g/mol. The van der Waals surface area contributed by atoms with Crippen LogP contribution in [0, 0.1) is 10.8 Å². The Kier molecular flexibility index (Phi) is 11.4. The van der Waals surface area contributed by atoms with Crippen LogP contribution in [0.3, 0.4) is 0 Å². The number of aromatic nitrogens is 2. The molecule has 0 bridgehead atoms. The predicted octanol–water partition coefficient (Wildman–Crippen LogP) is 11.6. The maximum atomic E-state index is 14.5. The maximum Gasteiger partial charge on any atom is 0.254 e. The fourth-order valence-electron chi connectivity index (χ4n) is 10.0. The Morgan fingerprint density at radius 3 is 1.73 bits per heavy atom. The second-order valence-corrected chi connectivity index (χ2v) is 17.5. The third kappa shape index (κ3) is 7.71. The van der Waals surface area contributed by atoms with Crippen LogP contribution in [0.1, 0.15) is 106 Å². The minimum absolute atomic E-state index is 0.147. The number of nitrogens with zero attached hydrogens (tertiary/aromatic N) is 4. The molecule has 1 aliphatic carbocycles. The van der Waals surface area contributed by atoms with Crippen LogP contribution in [0.15, 0.2) is 146 Å². The number of imidazole rings is 1. The zero-order valence-corrected chi connectivity index (χ0v) is 34.4. The van der Waals surface area contributed by atoms with Crippen LogP contribution in [0.2, 0.25) is 0 Å². The molecule has 1 aromatic heterocycles. The van der Waals surface area contributed by atoms with Gasteiger partial charge >= 0.3 is 0 Å². The van der Waals surface area contributed by atoms with Gasteiger partial charge in [0, 0.05) is 43.5 Å². The first kappa shape index (κ1) is 39.2. The lowest BCUT2D eigenvalue weighted by atomic mass is 9.64. The van der Waals surface area contributed by atoms with Gasteiger partial charge in [0.05, 0.1) is 12.0 Å². The summed E-state index contributed by atoms with van der Waals surface area (Å²) in [6.07, 6.45) is 9.88. The molecule has 0 unspecified atom stereocenters. The first-order chi connectivity index (χ1) is 27.1. The molecule has 1 amide bonds. The van der Waals surface area contributed by atoms with Crippen molar-refractivity contribution in [3.8, 4) is 0 Å². The summed E-state index contributed by atoms with van der Waals surface area (Å²) in [5, 5.41) is 2.14. The number of benzene rings is 5. The Morgan fingerprint density at radius 1 is 0.643 bits per heavy atom.